The van der Waals surface area contributed by atoms with Crippen molar-refractivity contribution in [3.05, 3.63) is 24.4 Å². The molecule has 1 unspecified atom stereocenters. The van der Waals surface area contributed by atoms with Gasteiger partial charge < -0.3 is 34.5 Å². The summed E-state index contributed by atoms with van der Waals surface area (Å²) in [6.07, 6.45) is -5.21. The van der Waals surface area contributed by atoms with Crippen molar-refractivity contribution in [2.45, 2.75) is 37.3 Å². The Kier molecular flexibility index (Phi) is 4.15. The van der Waals surface area contributed by atoms with Gasteiger partial charge in [0, 0.05) is 9.11 Å². The summed E-state index contributed by atoms with van der Waals surface area (Å²) in [5, 5.41) is 10.8. The van der Waals surface area contributed by atoms with E-state index in [1.54, 1.807) is 0 Å². The number of aliphatic hydroxyl groups excluding tert-OH is 1. The number of ether oxygens (including phenoxy) is 5. The summed E-state index contributed by atoms with van der Waals surface area (Å²) < 4.78 is 71.6. The van der Waals surface area contributed by atoms with Crippen LogP contribution >= 0.6 is 0 Å². The quantitative estimate of drug-likeness (QED) is 0.289. The minimum Gasteiger partial charge on any atom is -0.430 e. The van der Waals surface area contributed by atoms with Crippen molar-refractivity contribution in [2.24, 2.45) is 0 Å². The number of halogens is 1. The van der Waals surface area contributed by atoms with Gasteiger partial charge in [-0.3, -0.25) is 4.57 Å². The second kappa shape index (κ2) is 7.94. The van der Waals surface area contributed by atoms with Crippen LogP contribution in [-0.2, 0) is 23.7 Å². The molecule has 2 aliphatic rings. The van der Waals surface area contributed by atoms with E-state index in [4.69, 9.17) is 22.4 Å². The van der Waals surface area contributed by atoms with Gasteiger partial charge in [-0.1, -0.05) is 5.92 Å². The van der Waals surface area contributed by atoms with Crippen LogP contribution in [0.3, 0.4) is 0 Å². The molecule has 2 saturated heterocycles. The van der Waals surface area contributed by atoms with Crippen LogP contribution in [0.15, 0.2) is 18.3 Å². The number of hydrogen-bond donors (Lipinski definition) is 2. The molecule has 0 aromatic carbocycles. The van der Waals surface area contributed by atoms with Crippen LogP contribution in [0.25, 0.3) is 11.2 Å². The van der Waals surface area contributed by atoms with E-state index >= 15 is 0 Å². The minimum atomic E-state index is -3.41. The zero-order chi connectivity index (χ0) is 26.6. The van der Waals surface area contributed by atoms with Gasteiger partial charge in [-0.05, 0) is 6.92 Å². The van der Waals surface area contributed by atoms with E-state index in [2.05, 4.69) is 33.9 Å². The highest BCUT2D eigenvalue weighted by Crippen LogP contribution is 2.38. The van der Waals surface area contributed by atoms with Crippen molar-refractivity contribution in [3.8, 4) is 12.3 Å². The smallest absolute Gasteiger partial charge is 0.430 e. The van der Waals surface area contributed by atoms with Crippen LogP contribution in [0.1, 0.15) is 25.0 Å². The number of carbonyl (C=O) groups is 2. The Morgan fingerprint density at radius 2 is 2.44 bits per heavy atom. The van der Waals surface area contributed by atoms with E-state index in [1.165, 1.54) is 6.92 Å². The lowest BCUT2D eigenvalue weighted by Crippen LogP contribution is -2.43. The Morgan fingerprint density at radius 3 is 3.12 bits per heavy atom. The third kappa shape index (κ3) is 3.74. The number of nitrogens with two attached hydrogens (primary N) is 1. The SMILES string of the molecule is [2H]C1([2H])[C@H](n2cnc3c(N)nc(F)nc32)O[C@](C#C)(C([2H])([2H])OC(=O)OC=C2OC(=O)OC2C)[C@H]1O. The third-order valence-electron chi connectivity index (χ3n) is 4.30. The predicted molar refractivity (Wildman–Crippen MR) is 99.5 cm³/mol. The Morgan fingerprint density at radius 1 is 1.66 bits per heavy atom. The highest BCUT2D eigenvalue weighted by Gasteiger charge is 2.49. The first-order valence-corrected chi connectivity index (χ1v) is 8.71. The zero-order valence-corrected chi connectivity index (χ0v) is 16.0. The van der Waals surface area contributed by atoms with Gasteiger partial charge in [-0.25, -0.2) is 14.6 Å². The third-order valence-corrected chi connectivity index (χ3v) is 4.30. The van der Waals surface area contributed by atoms with E-state index in [9.17, 15) is 19.1 Å². The van der Waals surface area contributed by atoms with Gasteiger partial charge in [0.15, 0.2) is 34.4 Å². The number of anilines is 1. The number of imidazole rings is 1. The largest absolute Gasteiger partial charge is 0.514 e. The topological polar surface area (TPSA) is 170 Å². The molecule has 4 heterocycles. The Labute approximate surface area is 184 Å². The average molecular weight is 453 g/mol. The van der Waals surface area contributed by atoms with Crippen molar-refractivity contribution < 1.29 is 48.3 Å². The van der Waals surface area contributed by atoms with Gasteiger partial charge in [0.25, 0.3) is 0 Å². The molecule has 14 heteroatoms. The second-order valence-electron chi connectivity index (χ2n) is 6.33. The number of carbonyl (C=O) groups excluding carboxylic acids is 2. The number of rotatable bonds is 4. The van der Waals surface area contributed by atoms with Crippen LogP contribution < -0.4 is 5.73 Å². The summed E-state index contributed by atoms with van der Waals surface area (Å²) in [6.45, 7) is -2.02. The molecule has 0 bridgehead atoms. The first kappa shape index (κ1) is 16.7. The number of terminal acetylenes is 1. The van der Waals surface area contributed by atoms with Crippen LogP contribution in [0, 0.1) is 18.4 Å². The number of cyclic esters (lactones) is 2. The Hall–Kier alpha value is -3.96. The van der Waals surface area contributed by atoms with Gasteiger partial charge in [-0.15, -0.1) is 6.42 Å². The van der Waals surface area contributed by atoms with E-state index in [-0.39, 0.29) is 22.7 Å². The fourth-order valence-corrected chi connectivity index (χ4v) is 2.74. The molecule has 0 saturated carbocycles. The number of hydrogen-bond acceptors (Lipinski definition) is 12. The molecule has 0 aliphatic carbocycles. The molecule has 3 N–H and O–H groups in total. The summed E-state index contributed by atoms with van der Waals surface area (Å²) in [6, 6.07) is 0. The molecule has 2 aliphatic heterocycles. The van der Waals surface area contributed by atoms with Gasteiger partial charge in [0.05, 0.1) is 9.07 Å². The zero-order valence-electron chi connectivity index (χ0n) is 20.0. The van der Waals surface area contributed by atoms with Crippen LogP contribution in [0.5, 0.6) is 0 Å². The molecule has 168 valence electrons. The molecule has 0 spiro atoms. The van der Waals surface area contributed by atoms with Crippen LogP contribution in [-0.4, -0.2) is 61.3 Å². The molecule has 2 aromatic rings. The molecule has 0 amide bonds. The monoisotopic (exact) mass is 453 g/mol. The number of nitrogens with zero attached hydrogens (tertiary/aromatic N) is 4. The standard InChI is InChI=1S/C18H16FN5O8/c1-3-18(6-29-16(26)28-5-9-8(2)30-17(27)31-9)10(25)4-11(32-18)24-7-21-12-13(20)22-15(19)23-14(12)24/h1,5,7-8,10-11,25H,4,6H2,2H3,(H2,20,22,23)/t8?,10-,11+,18+/m0/s1/i4D2,6D2. The van der Waals surface area contributed by atoms with Crippen molar-refractivity contribution in [2.75, 3.05) is 12.3 Å². The lowest BCUT2D eigenvalue weighted by molar-refractivity contribution is -0.0959. The molecule has 0 radical (unpaired) electrons. The van der Waals surface area contributed by atoms with Gasteiger partial charge in [0.2, 0.25) is 0 Å². The molecule has 2 fully saturated rings. The molecule has 13 nitrogen and oxygen atoms in total. The summed E-state index contributed by atoms with van der Waals surface area (Å²) >= 11 is 0. The summed E-state index contributed by atoms with van der Waals surface area (Å²) in [4.78, 5) is 33.9. The van der Waals surface area contributed by atoms with Crippen molar-refractivity contribution in [3.63, 3.8) is 0 Å². The molecular weight excluding hydrogens is 433 g/mol. The molecule has 4 atom stereocenters. The number of fused-ring (bicyclic) bond motifs is 1. The van der Waals surface area contributed by atoms with Crippen molar-refractivity contribution >= 4 is 29.3 Å². The molecule has 32 heavy (non-hydrogen) atoms. The fourth-order valence-electron chi connectivity index (χ4n) is 2.74. The highest BCUT2D eigenvalue weighted by atomic mass is 19.1. The Bertz CT molecular complexity index is 1330. The molecular formula is C18H16FN5O8. The van der Waals surface area contributed by atoms with Gasteiger partial charge in [0.1, 0.15) is 25.2 Å². The highest BCUT2D eigenvalue weighted by molar-refractivity contribution is 5.81. The first-order chi connectivity index (χ1) is 16.7. The Balaban J connectivity index is 1.64. The van der Waals surface area contributed by atoms with Crippen LogP contribution in [0.2, 0.25) is 0 Å². The minimum absolute atomic E-state index is 0.134. The first-order valence-electron chi connectivity index (χ1n) is 10.7. The summed E-state index contributed by atoms with van der Waals surface area (Å²) in [5.41, 5.74) is 2.18. The van der Waals surface area contributed by atoms with E-state index in [1.807, 2.05) is 5.92 Å². The molecule has 2 aromatic heterocycles. The van der Waals surface area contributed by atoms with Gasteiger partial charge in [-0.2, -0.15) is 14.4 Å². The van der Waals surface area contributed by atoms with Gasteiger partial charge >= 0.3 is 18.4 Å². The fraction of sp³-hybridized carbons (Fsp3) is 0.389. The number of aliphatic hydroxyl groups is 1. The van der Waals surface area contributed by atoms with Crippen molar-refractivity contribution in [1.82, 2.24) is 19.5 Å². The summed E-state index contributed by atoms with van der Waals surface area (Å²) in [5.74, 6) is 1.21. The maximum atomic E-state index is 13.8. The van der Waals surface area contributed by atoms with Crippen LogP contribution in [0.4, 0.5) is 19.8 Å². The normalized spacial score (nSPS) is 32.2. The van der Waals surface area contributed by atoms with E-state index in [0.29, 0.717) is 6.26 Å². The number of aromatic nitrogens is 4. The maximum absolute atomic E-state index is 13.8. The van der Waals surface area contributed by atoms with E-state index in [0.717, 1.165) is 10.9 Å². The number of nitrogen functional groups attached to an aromatic ring is 1. The lowest BCUT2D eigenvalue weighted by Gasteiger charge is -2.25. The molecule has 4 rings (SSSR count). The predicted octanol–water partition coefficient (Wildman–Crippen LogP) is 0.749. The maximum Gasteiger partial charge on any atom is 0.514 e. The average Bonchev–Trinajstić information content (AvgIpc) is 3.39. The van der Waals surface area contributed by atoms with E-state index < -0.39 is 55.4 Å². The summed E-state index contributed by atoms with van der Waals surface area (Å²) in [7, 11) is 0. The second-order valence-corrected chi connectivity index (χ2v) is 6.33. The van der Waals surface area contributed by atoms with Crippen molar-refractivity contribution in [1.29, 1.82) is 0 Å². The lowest BCUT2D eigenvalue weighted by atomic mass is 9.99.